The van der Waals surface area contributed by atoms with Crippen molar-refractivity contribution in [1.82, 2.24) is 0 Å². The Bertz CT molecular complexity index is 311. The first kappa shape index (κ1) is 25.7. The van der Waals surface area contributed by atoms with E-state index in [2.05, 4.69) is 19.1 Å². The van der Waals surface area contributed by atoms with Crippen LogP contribution >= 0.6 is 11.6 Å². The quantitative estimate of drug-likeness (QED) is 0.109. The number of carbonyl (C=O) groups is 1. The fraction of sp³-hybridized carbons (Fsp3) is 0.875. The van der Waals surface area contributed by atoms with Crippen molar-refractivity contribution in [2.75, 3.05) is 0 Å². The van der Waals surface area contributed by atoms with Gasteiger partial charge in [-0.25, -0.2) is 0 Å². The standard InChI is InChI=1S/C24H45ClO/c1-2-3-4-5-6-7-8-9-10-11-12-13-14-15-16-17-18-19-20-21-22-23-24(25)26/h9-10H,2-8,11-23H2,1H3/b10-9-. The van der Waals surface area contributed by atoms with Gasteiger partial charge in [-0.3, -0.25) is 4.79 Å². The molecule has 0 bridgehead atoms. The topological polar surface area (TPSA) is 17.1 Å². The van der Waals surface area contributed by atoms with Gasteiger partial charge in [0.05, 0.1) is 0 Å². The van der Waals surface area contributed by atoms with Crippen LogP contribution in [-0.2, 0) is 4.79 Å². The zero-order chi connectivity index (χ0) is 19.1. The Hall–Kier alpha value is -0.300. The monoisotopic (exact) mass is 384 g/mol. The highest BCUT2D eigenvalue weighted by atomic mass is 35.5. The molecule has 0 fully saturated rings. The molecule has 0 radical (unpaired) electrons. The Kier molecular flexibility index (Phi) is 22.5. The summed E-state index contributed by atoms with van der Waals surface area (Å²) < 4.78 is 0. The second kappa shape index (κ2) is 22.7. The van der Waals surface area contributed by atoms with Gasteiger partial charge in [0.2, 0.25) is 5.24 Å². The van der Waals surface area contributed by atoms with E-state index in [9.17, 15) is 4.79 Å². The fourth-order valence-electron chi connectivity index (χ4n) is 3.40. The fourth-order valence-corrected chi connectivity index (χ4v) is 3.53. The number of carbonyl (C=O) groups excluding carboxylic acids is 1. The molecule has 0 saturated carbocycles. The smallest absolute Gasteiger partial charge is 0.221 e. The van der Waals surface area contributed by atoms with E-state index in [0.29, 0.717) is 6.42 Å². The van der Waals surface area contributed by atoms with Crippen LogP contribution in [0.5, 0.6) is 0 Å². The molecule has 0 atom stereocenters. The summed E-state index contributed by atoms with van der Waals surface area (Å²) >= 11 is 5.33. The van der Waals surface area contributed by atoms with Crippen molar-refractivity contribution >= 4 is 16.8 Å². The summed E-state index contributed by atoms with van der Waals surface area (Å²) in [6.45, 7) is 2.28. The predicted octanol–water partition coefficient (Wildman–Crippen LogP) is 9.13. The Morgan fingerprint density at radius 2 is 0.923 bits per heavy atom. The van der Waals surface area contributed by atoms with Gasteiger partial charge in [0.1, 0.15) is 0 Å². The third kappa shape index (κ3) is 23.7. The van der Waals surface area contributed by atoms with Gasteiger partial charge >= 0.3 is 0 Å². The van der Waals surface area contributed by atoms with Crippen molar-refractivity contribution < 1.29 is 4.79 Å². The number of rotatable bonds is 21. The van der Waals surface area contributed by atoms with Crippen molar-refractivity contribution in [2.24, 2.45) is 0 Å². The van der Waals surface area contributed by atoms with Crippen LogP contribution in [0.3, 0.4) is 0 Å². The number of unbranched alkanes of at least 4 members (excludes halogenated alkanes) is 17. The van der Waals surface area contributed by atoms with Gasteiger partial charge in [-0.2, -0.15) is 0 Å². The van der Waals surface area contributed by atoms with Crippen LogP contribution in [0.2, 0.25) is 0 Å². The summed E-state index contributed by atoms with van der Waals surface area (Å²) in [5.74, 6) is 0. The molecular weight excluding hydrogens is 340 g/mol. The lowest BCUT2D eigenvalue weighted by atomic mass is 10.0. The molecule has 0 aliphatic heterocycles. The lowest BCUT2D eigenvalue weighted by Crippen LogP contribution is -1.86. The van der Waals surface area contributed by atoms with Gasteiger partial charge in [0, 0.05) is 6.42 Å². The minimum absolute atomic E-state index is 0.182. The van der Waals surface area contributed by atoms with Crippen LogP contribution in [0.1, 0.15) is 135 Å². The van der Waals surface area contributed by atoms with Gasteiger partial charge in [-0.05, 0) is 43.7 Å². The van der Waals surface area contributed by atoms with Crippen molar-refractivity contribution in [3.8, 4) is 0 Å². The Morgan fingerprint density at radius 3 is 1.31 bits per heavy atom. The Labute approximate surface area is 169 Å². The Morgan fingerprint density at radius 1 is 0.577 bits per heavy atom. The predicted molar refractivity (Wildman–Crippen MR) is 118 cm³/mol. The van der Waals surface area contributed by atoms with E-state index in [1.165, 1.54) is 109 Å². The molecule has 0 aliphatic carbocycles. The maximum Gasteiger partial charge on any atom is 0.221 e. The van der Waals surface area contributed by atoms with Crippen molar-refractivity contribution in [2.45, 2.75) is 135 Å². The van der Waals surface area contributed by atoms with Gasteiger partial charge in [-0.1, -0.05) is 109 Å². The van der Waals surface area contributed by atoms with Crippen LogP contribution in [0.25, 0.3) is 0 Å². The molecule has 0 amide bonds. The second-order valence-electron chi connectivity index (χ2n) is 7.81. The molecule has 0 heterocycles. The van der Waals surface area contributed by atoms with Gasteiger partial charge in [-0.15, -0.1) is 0 Å². The second-order valence-corrected chi connectivity index (χ2v) is 8.23. The molecule has 1 nitrogen and oxygen atoms in total. The highest BCUT2D eigenvalue weighted by Gasteiger charge is 1.96. The molecule has 26 heavy (non-hydrogen) atoms. The molecule has 0 spiro atoms. The van der Waals surface area contributed by atoms with Gasteiger partial charge in [0.15, 0.2) is 0 Å². The summed E-state index contributed by atoms with van der Waals surface area (Å²) in [7, 11) is 0. The SMILES string of the molecule is CCCCCCCC/C=C\CCCCCCCCCCCCCC(=O)Cl. The molecule has 0 aliphatic rings. The molecule has 0 aromatic heterocycles. The number of hydrogen-bond donors (Lipinski definition) is 0. The molecule has 0 unspecified atom stereocenters. The molecular formula is C24H45ClO. The van der Waals surface area contributed by atoms with Crippen LogP contribution in [-0.4, -0.2) is 5.24 Å². The van der Waals surface area contributed by atoms with E-state index in [1.54, 1.807) is 0 Å². The van der Waals surface area contributed by atoms with E-state index in [1.807, 2.05) is 0 Å². The average Bonchev–Trinajstić information content (AvgIpc) is 2.62. The average molecular weight is 385 g/mol. The van der Waals surface area contributed by atoms with Gasteiger partial charge in [0.25, 0.3) is 0 Å². The molecule has 0 aromatic carbocycles. The maximum absolute atomic E-state index is 10.6. The van der Waals surface area contributed by atoms with Crippen molar-refractivity contribution in [3.05, 3.63) is 12.2 Å². The number of hydrogen-bond acceptors (Lipinski definition) is 1. The summed E-state index contributed by atoms with van der Waals surface area (Å²) in [4.78, 5) is 10.6. The Balaban J connectivity index is 3.06. The minimum atomic E-state index is -0.182. The van der Waals surface area contributed by atoms with E-state index in [4.69, 9.17) is 11.6 Å². The highest BCUT2D eigenvalue weighted by Crippen LogP contribution is 2.13. The van der Waals surface area contributed by atoms with Crippen LogP contribution in [0.4, 0.5) is 0 Å². The lowest BCUT2D eigenvalue weighted by molar-refractivity contribution is -0.111. The van der Waals surface area contributed by atoms with Crippen molar-refractivity contribution in [3.63, 3.8) is 0 Å². The van der Waals surface area contributed by atoms with E-state index >= 15 is 0 Å². The molecule has 154 valence electrons. The van der Waals surface area contributed by atoms with Gasteiger partial charge < -0.3 is 0 Å². The zero-order valence-electron chi connectivity index (χ0n) is 17.6. The maximum atomic E-state index is 10.6. The number of allylic oxidation sites excluding steroid dienone is 2. The van der Waals surface area contributed by atoms with E-state index in [-0.39, 0.29) is 5.24 Å². The summed E-state index contributed by atoms with van der Waals surface area (Å²) in [6.07, 6.45) is 30.7. The molecule has 0 saturated heterocycles. The van der Waals surface area contributed by atoms with Crippen LogP contribution in [0.15, 0.2) is 12.2 Å². The summed E-state index contributed by atoms with van der Waals surface area (Å²) in [6, 6.07) is 0. The normalized spacial score (nSPS) is 11.5. The van der Waals surface area contributed by atoms with Crippen LogP contribution in [0, 0.1) is 0 Å². The number of halogens is 1. The molecule has 0 aromatic rings. The van der Waals surface area contributed by atoms with E-state index in [0.717, 1.165) is 12.8 Å². The minimum Gasteiger partial charge on any atom is -0.281 e. The molecule has 0 rings (SSSR count). The highest BCUT2D eigenvalue weighted by molar-refractivity contribution is 6.63. The summed E-state index contributed by atoms with van der Waals surface area (Å²) in [5.41, 5.74) is 0. The largest absolute Gasteiger partial charge is 0.281 e. The third-order valence-corrected chi connectivity index (χ3v) is 5.32. The molecule has 2 heteroatoms. The van der Waals surface area contributed by atoms with E-state index < -0.39 is 0 Å². The zero-order valence-corrected chi connectivity index (χ0v) is 18.3. The first-order chi connectivity index (χ1) is 12.8. The van der Waals surface area contributed by atoms with Crippen molar-refractivity contribution in [1.29, 1.82) is 0 Å². The summed E-state index contributed by atoms with van der Waals surface area (Å²) in [5, 5.41) is -0.182. The third-order valence-electron chi connectivity index (χ3n) is 5.14. The van der Waals surface area contributed by atoms with Crippen LogP contribution < -0.4 is 0 Å². The molecule has 0 N–H and O–H groups in total. The first-order valence-corrected chi connectivity index (χ1v) is 12.0. The first-order valence-electron chi connectivity index (χ1n) is 11.6. The lowest BCUT2D eigenvalue weighted by Gasteiger charge is -2.02.